The Morgan fingerprint density at radius 2 is 1.90 bits per heavy atom. The molecule has 1 N–H and O–H groups in total. The minimum absolute atomic E-state index is 0.0851. The first-order valence-electron chi connectivity index (χ1n) is 9.46. The lowest BCUT2D eigenvalue weighted by atomic mass is 10.2. The van der Waals surface area contributed by atoms with Gasteiger partial charge in [-0.1, -0.05) is 30.3 Å². The van der Waals surface area contributed by atoms with Crippen molar-refractivity contribution in [1.29, 1.82) is 0 Å². The summed E-state index contributed by atoms with van der Waals surface area (Å²) >= 11 is 1.40. The second kappa shape index (κ2) is 9.00. The van der Waals surface area contributed by atoms with Crippen LogP contribution in [0.1, 0.15) is 25.8 Å². The Kier molecular flexibility index (Phi) is 6.64. The molecule has 2 aromatic carbocycles. The molecule has 0 aliphatic carbocycles. The number of hydrogen-bond donors (Lipinski definition) is 1. The fraction of sp³-hybridized carbons (Fsp3) is 0.333. The number of carbonyl (C=O) groups is 2. The van der Waals surface area contributed by atoms with Gasteiger partial charge in [-0.3, -0.25) is 9.59 Å². The maximum absolute atomic E-state index is 12.7. The summed E-state index contributed by atoms with van der Waals surface area (Å²) in [6, 6.07) is 14.3. The smallest absolute Gasteiger partial charge is 0.237 e. The molecular formula is C21H24N2O4S2. The average molecular weight is 433 g/mol. The Labute approximate surface area is 175 Å². The van der Waals surface area contributed by atoms with Gasteiger partial charge in [-0.2, -0.15) is 0 Å². The SMILES string of the molecule is CCN(Cc1ccccc1)C(=O)CCS(=O)(=O)c1ccc2c(c1)NC(=O)C(C)S2. The summed E-state index contributed by atoms with van der Waals surface area (Å²) < 4.78 is 25.5. The Morgan fingerprint density at radius 3 is 2.59 bits per heavy atom. The number of fused-ring (bicyclic) bond motifs is 1. The Morgan fingerprint density at radius 1 is 1.17 bits per heavy atom. The van der Waals surface area contributed by atoms with Gasteiger partial charge in [-0.25, -0.2) is 8.42 Å². The van der Waals surface area contributed by atoms with Gasteiger partial charge in [0.25, 0.3) is 0 Å². The van der Waals surface area contributed by atoms with Gasteiger partial charge in [0.1, 0.15) is 0 Å². The van der Waals surface area contributed by atoms with E-state index < -0.39 is 9.84 Å². The molecule has 29 heavy (non-hydrogen) atoms. The standard InChI is InChI=1S/C21H24N2O4S2/c1-3-23(14-16-7-5-4-6-8-16)20(24)11-12-29(26,27)17-9-10-19-18(13-17)22-21(25)15(2)28-19/h4-10,13,15H,3,11-12,14H2,1-2H3,(H,22,25). The third kappa shape index (κ3) is 5.19. The molecule has 0 saturated carbocycles. The lowest BCUT2D eigenvalue weighted by molar-refractivity contribution is -0.131. The Balaban J connectivity index is 1.67. The van der Waals surface area contributed by atoms with Gasteiger partial charge in [0.15, 0.2) is 9.84 Å². The molecule has 1 aliphatic rings. The first-order valence-corrected chi connectivity index (χ1v) is 12.0. The van der Waals surface area contributed by atoms with Gasteiger partial charge in [0.2, 0.25) is 11.8 Å². The van der Waals surface area contributed by atoms with E-state index >= 15 is 0 Å². The van der Waals surface area contributed by atoms with Crippen LogP contribution in [0, 0.1) is 0 Å². The zero-order valence-corrected chi connectivity index (χ0v) is 18.1. The van der Waals surface area contributed by atoms with Crippen LogP contribution < -0.4 is 5.32 Å². The molecule has 0 bridgehead atoms. The summed E-state index contributed by atoms with van der Waals surface area (Å²) in [5.41, 5.74) is 1.51. The molecule has 1 unspecified atom stereocenters. The van der Waals surface area contributed by atoms with E-state index in [0.29, 0.717) is 18.8 Å². The van der Waals surface area contributed by atoms with Crippen LogP contribution in [0.5, 0.6) is 0 Å². The summed E-state index contributed by atoms with van der Waals surface area (Å²) in [6.07, 6.45) is -0.0851. The van der Waals surface area contributed by atoms with Crippen LogP contribution >= 0.6 is 11.8 Å². The average Bonchev–Trinajstić information content (AvgIpc) is 2.71. The molecular weight excluding hydrogens is 408 g/mol. The highest BCUT2D eigenvalue weighted by Crippen LogP contribution is 2.36. The fourth-order valence-electron chi connectivity index (χ4n) is 3.06. The van der Waals surface area contributed by atoms with Gasteiger partial charge in [-0.15, -0.1) is 11.8 Å². The number of thioether (sulfide) groups is 1. The van der Waals surface area contributed by atoms with E-state index in [1.807, 2.05) is 37.3 Å². The maximum atomic E-state index is 12.7. The molecule has 0 saturated heterocycles. The maximum Gasteiger partial charge on any atom is 0.237 e. The summed E-state index contributed by atoms with van der Waals surface area (Å²) in [7, 11) is -3.64. The minimum Gasteiger partial charge on any atom is -0.339 e. The number of hydrogen-bond acceptors (Lipinski definition) is 5. The van der Waals surface area contributed by atoms with Crippen LogP contribution in [-0.2, 0) is 26.0 Å². The lowest BCUT2D eigenvalue weighted by Crippen LogP contribution is -2.31. The van der Waals surface area contributed by atoms with Crippen molar-refractivity contribution in [2.45, 2.75) is 41.9 Å². The van der Waals surface area contributed by atoms with Crippen LogP contribution in [0.4, 0.5) is 5.69 Å². The van der Waals surface area contributed by atoms with Gasteiger partial charge >= 0.3 is 0 Å². The first kappa shape index (κ1) is 21.4. The van der Waals surface area contributed by atoms with Crippen LogP contribution in [0.3, 0.4) is 0 Å². The van der Waals surface area contributed by atoms with E-state index in [4.69, 9.17) is 0 Å². The van der Waals surface area contributed by atoms with Crippen LogP contribution in [0.25, 0.3) is 0 Å². The zero-order valence-electron chi connectivity index (χ0n) is 16.4. The summed E-state index contributed by atoms with van der Waals surface area (Å²) in [5, 5.41) is 2.53. The summed E-state index contributed by atoms with van der Waals surface area (Å²) in [5.74, 6) is -0.616. The van der Waals surface area contributed by atoms with E-state index in [1.54, 1.807) is 17.9 Å². The number of carbonyl (C=O) groups excluding carboxylic acids is 2. The van der Waals surface area contributed by atoms with Crippen LogP contribution in [0.2, 0.25) is 0 Å². The summed E-state index contributed by atoms with van der Waals surface area (Å²) in [6.45, 7) is 4.64. The lowest BCUT2D eigenvalue weighted by Gasteiger charge is -2.22. The molecule has 6 nitrogen and oxygen atoms in total. The number of rotatable bonds is 7. The first-order chi connectivity index (χ1) is 13.8. The minimum atomic E-state index is -3.64. The monoisotopic (exact) mass is 432 g/mol. The number of nitrogens with zero attached hydrogens (tertiary/aromatic N) is 1. The molecule has 3 rings (SSSR count). The third-order valence-corrected chi connectivity index (χ3v) is 7.67. The number of sulfone groups is 1. The second-order valence-electron chi connectivity index (χ2n) is 6.87. The van der Waals surface area contributed by atoms with E-state index in [2.05, 4.69) is 5.32 Å². The molecule has 0 spiro atoms. The zero-order chi connectivity index (χ0) is 21.0. The number of benzene rings is 2. The Hall–Kier alpha value is -2.32. The predicted octanol–water partition coefficient (Wildman–Crippen LogP) is 3.33. The number of nitrogens with one attached hydrogen (secondary N) is 1. The van der Waals surface area contributed by atoms with Crippen molar-refractivity contribution >= 4 is 39.1 Å². The normalized spacial score (nSPS) is 16.1. The fourth-order valence-corrected chi connectivity index (χ4v) is 5.24. The topological polar surface area (TPSA) is 83.6 Å². The number of amides is 2. The molecule has 2 amide bonds. The van der Waals surface area contributed by atoms with Crippen LogP contribution in [0.15, 0.2) is 58.3 Å². The van der Waals surface area contributed by atoms with E-state index in [9.17, 15) is 18.0 Å². The van der Waals surface area contributed by atoms with E-state index in [1.165, 1.54) is 23.9 Å². The summed E-state index contributed by atoms with van der Waals surface area (Å²) in [4.78, 5) is 27.0. The van der Waals surface area contributed by atoms with E-state index in [-0.39, 0.29) is 34.1 Å². The number of anilines is 1. The second-order valence-corrected chi connectivity index (χ2v) is 10.4. The molecule has 2 aromatic rings. The van der Waals surface area contributed by atoms with Crippen molar-refractivity contribution in [3.8, 4) is 0 Å². The van der Waals surface area contributed by atoms with Crippen molar-refractivity contribution in [3.05, 3.63) is 54.1 Å². The molecule has 154 valence electrons. The molecule has 1 aliphatic heterocycles. The highest BCUT2D eigenvalue weighted by Gasteiger charge is 2.26. The third-order valence-electron chi connectivity index (χ3n) is 4.78. The molecule has 0 aromatic heterocycles. The van der Waals surface area contributed by atoms with Gasteiger partial charge in [-0.05, 0) is 37.6 Å². The van der Waals surface area contributed by atoms with Gasteiger partial charge in [0.05, 0.1) is 21.6 Å². The van der Waals surface area contributed by atoms with Crippen molar-refractivity contribution in [1.82, 2.24) is 4.90 Å². The van der Waals surface area contributed by atoms with Crippen molar-refractivity contribution in [2.75, 3.05) is 17.6 Å². The molecule has 8 heteroatoms. The molecule has 1 atom stereocenters. The van der Waals surface area contributed by atoms with Gasteiger partial charge < -0.3 is 10.2 Å². The van der Waals surface area contributed by atoms with Gasteiger partial charge in [0, 0.05) is 24.4 Å². The molecule has 1 heterocycles. The molecule has 0 fully saturated rings. The Bertz CT molecular complexity index is 1010. The highest BCUT2D eigenvalue weighted by atomic mass is 32.2. The predicted molar refractivity (Wildman–Crippen MR) is 115 cm³/mol. The highest BCUT2D eigenvalue weighted by molar-refractivity contribution is 8.01. The quantitative estimate of drug-likeness (QED) is 0.726. The van der Waals surface area contributed by atoms with Crippen molar-refractivity contribution in [3.63, 3.8) is 0 Å². The van der Waals surface area contributed by atoms with Crippen molar-refractivity contribution in [2.24, 2.45) is 0 Å². The molecule has 0 radical (unpaired) electrons. The largest absolute Gasteiger partial charge is 0.339 e. The van der Waals surface area contributed by atoms with Crippen molar-refractivity contribution < 1.29 is 18.0 Å². The van der Waals surface area contributed by atoms with E-state index in [0.717, 1.165) is 10.5 Å². The van der Waals surface area contributed by atoms with Crippen LogP contribution in [-0.4, -0.2) is 42.7 Å².